The number of anilines is 3. The van der Waals surface area contributed by atoms with Crippen LogP contribution in [0, 0.1) is 26.6 Å². The molecular weight excluding hydrogens is 475 g/mol. The number of hydrogen-bond acceptors (Lipinski definition) is 6. The van der Waals surface area contributed by atoms with E-state index in [0.29, 0.717) is 35.6 Å². The van der Waals surface area contributed by atoms with E-state index in [1.165, 1.54) is 19.9 Å². The van der Waals surface area contributed by atoms with Crippen LogP contribution in [0.3, 0.4) is 0 Å². The van der Waals surface area contributed by atoms with Gasteiger partial charge in [0.25, 0.3) is 5.56 Å². The van der Waals surface area contributed by atoms with Crippen molar-refractivity contribution in [3.05, 3.63) is 85.9 Å². The van der Waals surface area contributed by atoms with Crippen molar-refractivity contribution >= 4 is 33.9 Å². The highest BCUT2D eigenvalue weighted by Crippen LogP contribution is 2.36. The van der Waals surface area contributed by atoms with Gasteiger partial charge in [-0.2, -0.15) is 0 Å². The molecule has 4 rings (SSSR count). The van der Waals surface area contributed by atoms with Gasteiger partial charge in [-0.1, -0.05) is 18.2 Å². The van der Waals surface area contributed by atoms with Crippen LogP contribution in [0.4, 0.5) is 21.5 Å². The van der Waals surface area contributed by atoms with E-state index in [4.69, 9.17) is 4.42 Å². The molecule has 9 heteroatoms. The van der Waals surface area contributed by atoms with Gasteiger partial charge in [0.15, 0.2) is 5.58 Å². The van der Waals surface area contributed by atoms with E-state index < -0.39 is 11.4 Å². The number of halogens is 1. The number of nitrogens with one attached hydrogen (secondary N) is 3. The van der Waals surface area contributed by atoms with Gasteiger partial charge in [-0.3, -0.25) is 9.59 Å². The summed E-state index contributed by atoms with van der Waals surface area (Å²) in [6.07, 6.45) is 0. The van der Waals surface area contributed by atoms with Crippen LogP contribution in [0.25, 0.3) is 22.1 Å². The second-order valence-electron chi connectivity index (χ2n) is 8.98. The second kappa shape index (κ2) is 10.4. The fourth-order valence-corrected chi connectivity index (χ4v) is 4.39. The van der Waals surface area contributed by atoms with E-state index in [2.05, 4.69) is 16.0 Å². The first kappa shape index (κ1) is 25.8. The highest BCUT2D eigenvalue weighted by Gasteiger charge is 2.24. The zero-order valence-corrected chi connectivity index (χ0v) is 21.4. The summed E-state index contributed by atoms with van der Waals surface area (Å²) in [4.78, 5) is 38.5. The molecule has 0 aliphatic carbocycles. The quantitative estimate of drug-likeness (QED) is 0.340. The molecule has 0 saturated heterocycles. The number of rotatable bonds is 7. The predicted octanol–water partition coefficient (Wildman–Crippen LogP) is 4.61. The molecule has 2 aromatic carbocycles. The van der Waals surface area contributed by atoms with Crippen LogP contribution in [-0.4, -0.2) is 24.1 Å². The summed E-state index contributed by atoms with van der Waals surface area (Å²) < 4.78 is 22.1. The van der Waals surface area contributed by atoms with Crippen LogP contribution in [-0.2, 0) is 11.3 Å². The van der Waals surface area contributed by atoms with Crippen LogP contribution in [0.1, 0.15) is 23.7 Å². The van der Waals surface area contributed by atoms with Crippen molar-refractivity contribution in [2.24, 2.45) is 0 Å². The molecule has 1 amide bonds. The van der Waals surface area contributed by atoms with Crippen LogP contribution in [0.5, 0.6) is 0 Å². The Balaban J connectivity index is 2.09. The first-order valence-corrected chi connectivity index (χ1v) is 11.9. The average Bonchev–Trinajstić information content (AvgIpc) is 2.83. The number of hydrogen-bond donors (Lipinski definition) is 3. The van der Waals surface area contributed by atoms with Gasteiger partial charge in [-0.25, -0.2) is 9.18 Å². The molecule has 0 atom stereocenters. The van der Waals surface area contributed by atoms with Gasteiger partial charge in [0.05, 0.1) is 16.9 Å². The molecule has 2 aromatic heterocycles. The van der Waals surface area contributed by atoms with Gasteiger partial charge < -0.3 is 24.9 Å². The Morgan fingerprint density at radius 1 is 1.08 bits per heavy atom. The molecule has 0 saturated carbocycles. The van der Waals surface area contributed by atoms with E-state index in [1.807, 2.05) is 6.07 Å². The van der Waals surface area contributed by atoms with Crippen molar-refractivity contribution in [1.82, 2.24) is 9.88 Å². The molecule has 37 heavy (non-hydrogen) atoms. The number of fused-ring (bicyclic) bond motifs is 1. The summed E-state index contributed by atoms with van der Waals surface area (Å²) in [5.41, 5.74) is 2.62. The molecule has 0 aliphatic heterocycles. The number of carbonyl (C=O) groups excluding carboxylic acids is 1. The van der Waals surface area contributed by atoms with Gasteiger partial charge in [0.2, 0.25) is 5.91 Å². The molecule has 2 heterocycles. The van der Waals surface area contributed by atoms with Crippen molar-refractivity contribution < 1.29 is 13.6 Å². The fourth-order valence-electron chi connectivity index (χ4n) is 4.39. The lowest BCUT2D eigenvalue weighted by molar-refractivity contribution is -0.114. The third-order valence-electron chi connectivity index (χ3n) is 6.25. The van der Waals surface area contributed by atoms with E-state index >= 15 is 0 Å². The number of aryl methyl sites for hydroxylation is 1. The summed E-state index contributed by atoms with van der Waals surface area (Å²) in [6, 6.07) is 11.8. The fraction of sp³-hybridized carbons (Fsp3) is 0.250. The van der Waals surface area contributed by atoms with E-state index in [0.717, 1.165) is 5.56 Å². The predicted molar refractivity (Wildman–Crippen MR) is 144 cm³/mol. The Hall–Kier alpha value is -4.24. The third kappa shape index (κ3) is 5.03. The summed E-state index contributed by atoms with van der Waals surface area (Å²) in [6.45, 7) is 7.37. The molecule has 3 N–H and O–H groups in total. The van der Waals surface area contributed by atoms with E-state index in [1.54, 1.807) is 55.8 Å². The third-order valence-corrected chi connectivity index (χ3v) is 6.25. The van der Waals surface area contributed by atoms with E-state index in [-0.39, 0.29) is 39.4 Å². The van der Waals surface area contributed by atoms with E-state index in [9.17, 15) is 18.8 Å². The van der Waals surface area contributed by atoms with Gasteiger partial charge in [-0.05, 0) is 63.2 Å². The Morgan fingerprint density at radius 3 is 2.51 bits per heavy atom. The summed E-state index contributed by atoms with van der Waals surface area (Å²) >= 11 is 0. The van der Waals surface area contributed by atoms with Crippen LogP contribution in [0.15, 0.2) is 56.5 Å². The maximum atomic E-state index is 14.8. The van der Waals surface area contributed by atoms with Gasteiger partial charge in [0.1, 0.15) is 11.2 Å². The van der Waals surface area contributed by atoms with Crippen molar-refractivity contribution in [1.29, 1.82) is 0 Å². The first-order valence-electron chi connectivity index (χ1n) is 11.9. The Labute approximate surface area is 213 Å². The van der Waals surface area contributed by atoms with Crippen molar-refractivity contribution in [2.75, 3.05) is 24.2 Å². The number of amides is 1. The Kier molecular flexibility index (Phi) is 7.26. The monoisotopic (exact) mass is 504 g/mol. The summed E-state index contributed by atoms with van der Waals surface area (Å²) in [7, 11) is 1.79. The second-order valence-corrected chi connectivity index (χ2v) is 8.98. The Bertz CT molecular complexity index is 1640. The normalized spacial score (nSPS) is 11.1. The number of likely N-dealkylation sites (N-methyl/N-ethyl adjacent to an activating group) is 1. The smallest absolute Gasteiger partial charge is 0.341 e. The maximum Gasteiger partial charge on any atom is 0.341 e. The zero-order chi connectivity index (χ0) is 26.9. The lowest BCUT2D eigenvalue weighted by atomic mass is 9.99. The summed E-state index contributed by atoms with van der Waals surface area (Å²) in [5.74, 6) is -0.738. The zero-order valence-electron chi connectivity index (χ0n) is 21.4. The van der Waals surface area contributed by atoms with Crippen LogP contribution < -0.4 is 27.1 Å². The van der Waals surface area contributed by atoms with Crippen LogP contribution >= 0.6 is 0 Å². The van der Waals surface area contributed by atoms with Crippen molar-refractivity contribution in [2.45, 2.75) is 34.2 Å². The van der Waals surface area contributed by atoms with Crippen LogP contribution in [0.2, 0.25) is 0 Å². The highest BCUT2D eigenvalue weighted by atomic mass is 19.1. The number of aromatic nitrogens is 1. The van der Waals surface area contributed by atoms with Crippen molar-refractivity contribution in [3.63, 3.8) is 0 Å². The number of benzene rings is 2. The molecule has 0 unspecified atom stereocenters. The lowest BCUT2D eigenvalue weighted by Gasteiger charge is -2.20. The molecule has 0 radical (unpaired) electrons. The first-order chi connectivity index (χ1) is 17.6. The minimum atomic E-state index is -0.645. The molecule has 0 spiro atoms. The molecule has 8 nitrogen and oxygen atoms in total. The number of nitrogens with zero attached hydrogens (tertiary/aromatic N) is 1. The van der Waals surface area contributed by atoms with Crippen molar-refractivity contribution in [3.8, 4) is 11.1 Å². The molecule has 0 bridgehead atoms. The van der Waals surface area contributed by atoms with Gasteiger partial charge in [0, 0.05) is 37.0 Å². The largest absolute Gasteiger partial charge is 0.421 e. The minimum absolute atomic E-state index is 0.0915. The molecule has 0 aliphatic rings. The molecule has 4 aromatic rings. The average molecular weight is 505 g/mol. The highest BCUT2D eigenvalue weighted by molar-refractivity contribution is 6.01. The minimum Gasteiger partial charge on any atom is -0.421 e. The topological polar surface area (TPSA) is 105 Å². The lowest BCUT2D eigenvalue weighted by Crippen LogP contribution is -2.29. The number of carbonyl (C=O) groups is 1. The van der Waals surface area contributed by atoms with Gasteiger partial charge >= 0.3 is 5.63 Å². The SMILES string of the molecule is CNCCn1c(C)c(-c2cccc(NC(C)=O)c2)c2oc(=O)c(C)c(Nc3ccc(C)cc3F)c2c1=O. The molecule has 192 valence electrons. The summed E-state index contributed by atoms with van der Waals surface area (Å²) in [5, 5.41) is 8.93. The number of pyridine rings is 1. The molecular formula is C28H29FN4O4. The van der Waals surface area contributed by atoms with Gasteiger partial charge in [-0.15, -0.1) is 0 Å². The standard InChI is InChI=1S/C28H29FN4O4/c1-15-9-10-22(21(29)13-15)32-25-16(2)28(36)37-26-23(19-7-6-8-20(14-19)31-18(4)34)17(3)33(12-11-30-5)27(35)24(25)26/h6-10,13-14,30,32H,11-12H2,1-5H3,(H,31,34). The maximum absolute atomic E-state index is 14.8. The molecule has 0 fully saturated rings. The Morgan fingerprint density at radius 2 is 1.84 bits per heavy atom.